The molecule has 0 aromatic carbocycles. The maximum atomic E-state index is 11.2. The first-order valence-electron chi connectivity index (χ1n) is 7.61. The maximum Gasteiger partial charge on any atom is 0.311 e. The van der Waals surface area contributed by atoms with Gasteiger partial charge in [0.15, 0.2) is 0 Å². The van der Waals surface area contributed by atoms with Gasteiger partial charge >= 0.3 is 11.9 Å². The van der Waals surface area contributed by atoms with Crippen molar-refractivity contribution in [3.05, 3.63) is 0 Å². The molecule has 9 heteroatoms. The molecule has 7 nitrogen and oxygen atoms in total. The fourth-order valence-corrected chi connectivity index (χ4v) is 1.86. The molecule has 0 spiro atoms. The van der Waals surface area contributed by atoms with E-state index < -0.39 is 22.0 Å². The third kappa shape index (κ3) is 16.4. The van der Waals surface area contributed by atoms with Crippen molar-refractivity contribution >= 4 is 44.6 Å². The summed E-state index contributed by atoms with van der Waals surface area (Å²) in [4.78, 5) is 22.1. The summed E-state index contributed by atoms with van der Waals surface area (Å²) >= 11 is 2.17. The second-order valence-corrected chi connectivity index (χ2v) is 8.44. The molecular weight excluding hydrogens is 451 g/mol. The monoisotopic (exact) mass is 480 g/mol. The first-order chi connectivity index (χ1) is 10.8. The van der Waals surface area contributed by atoms with Crippen molar-refractivity contribution in [2.75, 3.05) is 17.3 Å². The summed E-state index contributed by atoms with van der Waals surface area (Å²) < 4.78 is 36.3. The van der Waals surface area contributed by atoms with Crippen LogP contribution >= 0.6 is 22.6 Å². The Kier molecular flexibility index (Phi) is 13.8. The highest BCUT2D eigenvalue weighted by atomic mass is 127. The van der Waals surface area contributed by atoms with Gasteiger partial charge in [-0.15, -0.1) is 0 Å². The van der Waals surface area contributed by atoms with E-state index in [-0.39, 0.29) is 30.7 Å². The van der Waals surface area contributed by atoms with Crippen LogP contribution in [0.2, 0.25) is 0 Å². The van der Waals surface area contributed by atoms with E-state index in [1.54, 1.807) is 20.8 Å². The molecule has 0 radical (unpaired) electrons. The lowest BCUT2D eigenvalue weighted by Crippen LogP contribution is -2.23. The number of rotatable bonds is 8. The van der Waals surface area contributed by atoms with E-state index in [1.165, 1.54) is 0 Å². The van der Waals surface area contributed by atoms with Gasteiger partial charge in [0.2, 0.25) is 0 Å². The van der Waals surface area contributed by atoms with Gasteiger partial charge in [-0.05, 0) is 34.6 Å². The van der Waals surface area contributed by atoms with Gasteiger partial charge in [0, 0.05) is 4.43 Å². The van der Waals surface area contributed by atoms with E-state index in [0.29, 0.717) is 0 Å². The number of alkyl halides is 1. The van der Waals surface area contributed by atoms with Gasteiger partial charge in [-0.3, -0.25) is 13.8 Å². The summed E-state index contributed by atoms with van der Waals surface area (Å²) in [6.07, 6.45) is 0.745. The van der Waals surface area contributed by atoms with Gasteiger partial charge in [0.25, 0.3) is 10.1 Å². The second kappa shape index (κ2) is 12.9. The van der Waals surface area contributed by atoms with Gasteiger partial charge in [-0.25, -0.2) is 0 Å². The Balaban J connectivity index is 0. The van der Waals surface area contributed by atoms with Crippen LogP contribution in [0, 0.1) is 11.8 Å². The highest BCUT2D eigenvalue weighted by Gasteiger charge is 2.18. The molecule has 24 heavy (non-hydrogen) atoms. The van der Waals surface area contributed by atoms with E-state index in [2.05, 4.69) is 26.8 Å². The average molecular weight is 480 g/mol. The number of ether oxygens (including phenoxy) is 2. The molecule has 0 aliphatic rings. The van der Waals surface area contributed by atoms with Crippen molar-refractivity contribution in [2.45, 2.75) is 53.8 Å². The fourth-order valence-electron chi connectivity index (χ4n) is 1.05. The smallest absolute Gasteiger partial charge is 0.311 e. The number of hydrogen-bond acceptors (Lipinski definition) is 7. The molecule has 0 fully saturated rings. The lowest BCUT2D eigenvalue weighted by molar-refractivity contribution is -0.153. The Morgan fingerprint density at radius 3 is 1.54 bits per heavy atom. The molecule has 0 saturated carbocycles. The van der Waals surface area contributed by atoms with E-state index >= 15 is 0 Å². The number of carbonyl (C=O) groups excluding carboxylic acids is 2. The summed E-state index contributed by atoms with van der Waals surface area (Å²) in [7, 11) is -3.49. The van der Waals surface area contributed by atoms with Crippen LogP contribution in [-0.2, 0) is 33.4 Å². The van der Waals surface area contributed by atoms with E-state index in [9.17, 15) is 18.0 Å². The molecule has 2 atom stereocenters. The zero-order valence-corrected chi connectivity index (χ0v) is 18.3. The molecular formula is C15H29IO7S. The van der Waals surface area contributed by atoms with Crippen LogP contribution in [0.25, 0.3) is 0 Å². The van der Waals surface area contributed by atoms with Crippen molar-refractivity contribution in [3.8, 4) is 0 Å². The molecule has 0 N–H and O–H groups in total. The zero-order chi connectivity index (χ0) is 19.5. The number of halogens is 1. The predicted molar refractivity (Wildman–Crippen MR) is 100 cm³/mol. The average Bonchev–Trinajstić information content (AvgIpc) is 2.42. The van der Waals surface area contributed by atoms with Crippen LogP contribution in [-0.4, -0.2) is 49.9 Å². The van der Waals surface area contributed by atoms with Crippen molar-refractivity contribution in [3.63, 3.8) is 0 Å². The first-order valence-corrected chi connectivity index (χ1v) is 11.0. The Morgan fingerprint density at radius 1 is 0.875 bits per heavy atom. The molecule has 0 amide bonds. The van der Waals surface area contributed by atoms with Crippen molar-refractivity contribution < 1.29 is 31.7 Å². The lowest BCUT2D eigenvalue weighted by atomic mass is 10.2. The Morgan fingerprint density at radius 2 is 1.25 bits per heavy atom. The predicted octanol–water partition coefficient (Wildman–Crippen LogP) is 2.56. The normalized spacial score (nSPS) is 13.8. The van der Waals surface area contributed by atoms with Gasteiger partial charge in [0.1, 0.15) is 0 Å². The first kappa shape index (κ1) is 25.8. The van der Waals surface area contributed by atoms with Crippen LogP contribution in [0.15, 0.2) is 0 Å². The Hall–Kier alpha value is -0.420. The van der Waals surface area contributed by atoms with Gasteiger partial charge in [-0.1, -0.05) is 29.5 Å². The fraction of sp³-hybridized carbons (Fsp3) is 0.867. The molecule has 0 bridgehead atoms. The largest absolute Gasteiger partial charge is 0.463 e. The van der Waals surface area contributed by atoms with Crippen molar-refractivity contribution in [1.82, 2.24) is 0 Å². The van der Waals surface area contributed by atoms with Crippen LogP contribution in [0.5, 0.6) is 0 Å². The summed E-state index contributed by atoms with van der Waals surface area (Å²) in [6, 6.07) is 0. The standard InChI is InChI=1S/C8H16O5S.C7H13IO2/c1-6(2)13-8(9)7(3)5-12-14(4,10)11;1-5(2)10-7(9)6(3)4-8/h6-7H,5H2,1-4H3;5-6H,4H2,1-3H3. The van der Waals surface area contributed by atoms with Crippen LogP contribution in [0.1, 0.15) is 41.5 Å². The lowest BCUT2D eigenvalue weighted by Gasteiger charge is -2.12. The SMILES string of the molecule is CC(C)OC(=O)C(C)CI.CC(C)OC(=O)C(C)COS(C)(=O)=O. The van der Waals surface area contributed by atoms with Gasteiger partial charge < -0.3 is 9.47 Å². The van der Waals surface area contributed by atoms with Gasteiger partial charge in [0.05, 0.1) is 36.9 Å². The van der Waals surface area contributed by atoms with Crippen molar-refractivity contribution in [1.29, 1.82) is 0 Å². The van der Waals surface area contributed by atoms with E-state index in [4.69, 9.17) is 9.47 Å². The summed E-state index contributed by atoms with van der Waals surface area (Å²) in [5.74, 6) is -1.09. The van der Waals surface area contributed by atoms with Crippen LogP contribution in [0.4, 0.5) is 0 Å². The third-order valence-corrected chi connectivity index (χ3v) is 4.16. The quantitative estimate of drug-likeness (QED) is 0.228. The molecule has 0 aliphatic heterocycles. The van der Waals surface area contributed by atoms with E-state index in [1.807, 2.05) is 20.8 Å². The van der Waals surface area contributed by atoms with Crippen LogP contribution in [0.3, 0.4) is 0 Å². The highest BCUT2D eigenvalue weighted by molar-refractivity contribution is 14.1. The topological polar surface area (TPSA) is 96.0 Å². The molecule has 144 valence electrons. The number of esters is 2. The second-order valence-electron chi connectivity index (χ2n) is 5.92. The summed E-state index contributed by atoms with van der Waals surface area (Å²) in [5, 5.41) is 0. The molecule has 0 aromatic rings. The summed E-state index contributed by atoms with van der Waals surface area (Å²) in [5.41, 5.74) is 0. The third-order valence-electron chi connectivity index (χ3n) is 2.27. The minimum atomic E-state index is -3.49. The van der Waals surface area contributed by atoms with E-state index in [0.717, 1.165) is 10.7 Å². The molecule has 2 unspecified atom stereocenters. The maximum absolute atomic E-state index is 11.2. The molecule has 0 rings (SSSR count). The molecule has 0 heterocycles. The number of carbonyl (C=O) groups is 2. The van der Waals surface area contributed by atoms with Crippen LogP contribution < -0.4 is 0 Å². The zero-order valence-electron chi connectivity index (χ0n) is 15.4. The molecule has 0 aromatic heterocycles. The highest BCUT2D eigenvalue weighted by Crippen LogP contribution is 2.05. The Bertz CT molecular complexity index is 474. The van der Waals surface area contributed by atoms with Gasteiger partial charge in [-0.2, -0.15) is 8.42 Å². The summed E-state index contributed by atoms with van der Waals surface area (Å²) in [6.45, 7) is 10.4. The molecule has 0 aliphatic carbocycles. The Labute approximate surface area is 159 Å². The number of hydrogen-bond donors (Lipinski definition) is 0. The minimum absolute atomic E-state index is 0.0119. The minimum Gasteiger partial charge on any atom is -0.463 e. The molecule has 0 saturated heterocycles. The van der Waals surface area contributed by atoms with Crippen molar-refractivity contribution in [2.24, 2.45) is 11.8 Å².